The van der Waals surface area contributed by atoms with Crippen LogP contribution in [0.4, 0.5) is 0 Å². The van der Waals surface area contributed by atoms with E-state index in [1.165, 1.54) is 0 Å². The fraction of sp³-hybridized carbons (Fsp3) is 0.500. The molecule has 16 heavy (non-hydrogen) atoms. The number of aryl methyl sites for hydroxylation is 1. The summed E-state index contributed by atoms with van der Waals surface area (Å²) >= 11 is 0. The summed E-state index contributed by atoms with van der Waals surface area (Å²) in [5.74, 6) is 0.173. The van der Waals surface area contributed by atoms with E-state index in [-0.39, 0.29) is 11.0 Å². The lowest BCUT2D eigenvalue weighted by molar-refractivity contribution is 0.582. The third kappa shape index (κ3) is 2.44. The molecule has 3 nitrogen and oxygen atoms in total. The highest BCUT2D eigenvalue weighted by Gasteiger charge is 2.28. The van der Waals surface area contributed by atoms with Crippen molar-refractivity contribution in [2.75, 3.05) is 13.1 Å². The lowest BCUT2D eigenvalue weighted by Gasteiger charge is -2.11. The van der Waals surface area contributed by atoms with E-state index in [4.69, 9.17) is 0 Å². The minimum atomic E-state index is -3.00. The van der Waals surface area contributed by atoms with Crippen molar-refractivity contribution in [3.8, 4) is 0 Å². The minimum Gasteiger partial charge on any atom is -0.315 e. The van der Waals surface area contributed by atoms with Gasteiger partial charge in [-0.25, -0.2) is 8.42 Å². The maximum absolute atomic E-state index is 12.1. The number of nitrogens with one attached hydrogen (secondary N) is 1. The smallest absolute Gasteiger partial charge is 0.158 e. The van der Waals surface area contributed by atoms with E-state index in [0.717, 1.165) is 24.1 Å². The zero-order valence-corrected chi connectivity index (χ0v) is 10.3. The predicted octanol–water partition coefficient (Wildman–Crippen LogP) is 1.27. The van der Waals surface area contributed by atoms with Gasteiger partial charge in [-0.3, -0.25) is 0 Å². The van der Waals surface area contributed by atoms with Gasteiger partial charge in [-0.05, 0) is 31.0 Å². The van der Waals surface area contributed by atoms with Crippen molar-refractivity contribution < 1.29 is 8.42 Å². The Morgan fingerprint density at radius 2 is 2.12 bits per heavy atom. The average molecular weight is 239 g/mol. The highest BCUT2D eigenvalue weighted by molar-refractivity contribution is 7.91. The molecule has 1 aromatic carbocycles. The summed E-state index contributed by atoms with van der Waals surface area (Å²) in [4.78, 5) is 0. The number of sulfone groups is 1. The Kier molecular flexibility index (Phi) is 3.30. The summed E-state index contributed by atoms with van der Waals surface area (Å²) < 4.78 is 24.2. The van der Waals surface area contributed by atoms with Crippen LogP contribution in [0.3, 0.4) is 0 Å². The van der Waals surface area contributed by atoms with Crippen LogP contribution in [0.2, 0.25) is 0 Å². The molecule has 0 spiro atoms. The topological polar surface area (TPSA) is 46.2 Å². The Morgan fingerprint density at radius 1 is 1.38 bits per heavy atom. The molecule has 2 rings (SSSR count). The molecule has 1 fully saturated rings. The SMILES string of the molecule is Cc1ccccc1CS(=O)(=O)C1CCNC1. The lowest BCUT2D eigenvalue weighted by atomic mass is 10.1. The van der Waals surface area contributed by atoms with Crippen LogP contribution in [-0.4, -0.2) is 26.8 Å². The maximum atomic E-state index is 12.1. The van der Waals surface area contributed by atoms with Crippen molar-refractivity contribution in [2.45, 2.75) is 24.3 Å². The molecule has 1 N–H and O–H groups in total. The van der Waals surface area contributed by atoms with Crippen LogP contribution in [0.1, 0.15) is 17.5 Å². The average Bonchev–Trinajstić information content (AvgIpc) is 2.75. The summed E-state index contributed by atoms with van der Waals surface area (Å²) in [5, 5.41) is 2.90. The van der Waals surface area contributed by atoms with Gasteiger partial charge in [-0.2, -0.15) is 0 Å². The van der Waals surface area contributed by atoms with Crippen LogP contribution in [0.5, 0.6) is 0 Å². The van der Waals surface area contributed by atoms with Gasteiger partial charge < -0.3 is 5.32 Å². The number of benzene rings is 1. The van der Waals surface area contributed by atoms with E-state index >= 15 is 0 Å². The molecule has 0 saturated carbocycles. The predicted molar refractivity (Wildman–Crippen MR) is 65.1 cm³/mol. The summed E-state index contributed by atoms with van der Waals surface area (Å²) in [6.07, 6.45) is 0.744. The van der Waals surface area contributed by atoms with Crippen LogP contribution in [0, 0.1) is 6.92 Å². The number of rotatable bonds is 3. The Hall–Kier alpha value is -0.870. The van der Waals surface area contributed by atoms with Gasteiger partial charge in [0.15, 0.2) is 9.84 Å². The fourth-order valence-corrected chi connectivity index (χ4v) is 3.88. The van der Waals surface area contributed by atoms with E-state index in [1.54, 1.807) is 0 Å². The second kappa shape index (κ2) is 4.55. The van der Waals surface area contributed by atoms with E-state index < -0.39 is 9.84 Å². The molecule has 0 bridgehead atoms. The molecule has 1 aromatic rings. The number of hydrogen-bond acceptors (Lipinski definition) is 3. The minimum absolute atomic E-state index is 0.173. The van der Waals surface area contributed by atoms with Crippen molar-refractivity contribution >= 4 is 9.84 Å². The van der Waals surface area contributed by atoms with Crippen LogP contribution in [0.25, 0.3) is 0 Å². The Morgan fingerprint density at radius 3 is 2.75 bits per heavy atom. The first-order valence-corrected chi connectivity index (χ1v) is 7.28. The monoisotopic (exact) mass is 239 g/mol. The van der Waals surface area contributed by atoms with Gasteiger partial charge in [0, 0.05) is 6.54 Å². The largest absolute Gasteiger partial charge is 0.315 e. The quantitative estimate of drug-likeness (QED) is 0.864. The first kappa shape index (κ1) is 11.6. The molecule has 1 saturated heterocycles. The number of hydrogen-bond donors (Lipinski definition) is 1. The van der Waals surface area contributed by atoms with Gasteiger partial charge in [0.2, 0.25) is 0 Å². The zero-order valence-electron chi connectivity index (χ0n) is 9.44. The van der Waals surface area contributed by atoms with Crippen LogP contribution in [0.15, 0.2) is 24.3 Å². The van der Waals surface area contributed by atoms with Crippen LogP contribution < -0.4 is 5.32 Å². The maximum Gasteiger partial charge on any atom is 0.158 e. The van der Waals surface area contributed by atoms with Gasteiger partial charge in [0.1, 0.15) is 0 Å². The highest BCUT2D eigenvalue weighted by Crippen LogP contribution is 2.18. The summed E-state index contributed by atoms with van der Waals surface area (Å²) in [7, 11) is -3.00. The van der Waals surface area contributed by atoms with Crippen molar-refractivity contribution in [3.63, 3.8) is 0 Å². The second-order valence-electron chi connectivity index (χ2n) is 4.35. The first-order chi connectivity index (χ1) is 7.59. The van der Waals surface area contributed by atoms with Crippen molar-refractivity contribution in [2.24, 2.45) is 0 Å². The van der Waals surface area contributed by atoms with Gasteiger partial charge in [-0.15, -0.1) is 0 Å². The van der Waals surface area contributed by atoms with Crippen molar-refractivity contribution in [3.05, 3.63) is 35.4 Å². The Labute approximate surface area is 96.8 Å². The van der Waals surface area contributed by atoms with Crippen molar-refractivity contribution in [1.29, 1.82) is 0 Å². The molecule has 88 valence electrons. The molecule has 1 heterocycles. The molecule has 1 atom stereocenters. The van der Waals surface area contributed by atoms with E-state index in [1.807, 2.05) is 31.2 Å². The summed E-state index contributed by atoms with van der Waals surface area (Å²) in [6.45, 7) is 3.38. The normalized spacial score (nSPS) is 21.2. The van der Waals surface area contributed by atoms with Gasteiger partial charge in [0.25, 0.3) is 0 Å². The van der Waals surface area contributed by atoms with Crippen LogP contribution in [-0.2, 0) is 15.6 Å². The zero-order chi connectivity index (χ0) is 11.6. The molecule has 1 aliphatic rings. The van der Waals surface area contributed by atoms with Gasteiger partial charge >= 0.3 is 0 Å². The molecule has 0 amide bonds. The standard InChI is InChI=1S/C12H17NO2S/c1-10-4-2-3-5-11(10)9-16(14,15)12-6-7-13-8-12/h2-5,12-13H,6-9H2,1H3. The molecule has 4 heteroatoms. The van der Waals surface area contributed by atoms with Gasteiger partial charge in [-0.1, -0.05) is 24.3 Å². The first-order valence-electron chi connectivity index (χ1n) is 5.56. The van der Waals surface area contributed by atoms with E-state index in [2.05, 4.69) is 5.32 Å². The molecule has 0 aliphatic carbocycles. The summed E-state index contributed by atoms with van der Waals surface area (Å²) in [5.41, 5.74) is 1.98. The lowest BCUT2D eigenvalue weighted by Crippen LogP contribution is -2.25. The Bertz CT molecular complexity index is 462. The van der Waals surface area contributed by atoms with E-state index in [0.29, 0.717) is 6.54 Å². The van der Waals surface area contributed by atoms with Crippen molar-refractivity contribution in [1.82, 2.24) is 5.32 Å². The van der Waals surface area contributed by atoms with E-state index in [9.17, 15) is 8.42 Å². The fourth-order valence-electron chi connectivity index (χ4n) is 2.04. The third-order valence-electron chi connectivity index (χ3n) is 3.14. The molecule has 0 radical (unpaired) electrons. The molecule has 0 aromatic heterocycles. The third-order valence-corrected chi connectivity index (χ3v) is 5.27. The molecular formula is C12H17NO2S. The molecular weight excluding hydrogens is 222 g/mol. The highest BCUT2D eigenvalue weighted by atomic mass is 32.2. The molecule has 1 aliphatic heterocycles. The summed E-state index contributed by atoms with van der Waals surface area (Å²) in [6, 6.07) is 7.68. The molecule has 1 unspecified atom stereocenters. The second-order valence-corrected chi connectivity index (χ2v) is 6.63. The van der Waals surface area contributed by atoms with Gasteiger partial charge in [0.05, 0.1) is 11.0 Å². The van der Waals surface area contributed by atoms with Crippen LogP contribution >= 0.6 is 0 Å². The Balaban J connectivity index is 2.18.